The Hall–Kier alpha value is -3.13. The van der Waals surface area contributed by atoms with Crippen LogP contribution in [-0.4, -0.2) is 30.2 Å². The molecule has 3 rings (SSSR count). The summed E-state index contributed by atoms with van der Waals surface area (Å²) in [5.41, 5.74) is 1.06. The molecule has 1 heterocycles. The van der Waals surface area contributed by atoms with E-state index in [1.807, 2.05) is 24.3 Å². The Morgan fingerprint density at radius 1 is 1.11 bits per heavy atom. The summed E-state index contributed by atoms with van der Waals surface area (Å²) in [5.74, 6) is 1.13. The number of benzene rings is 2. The summed E-state index contributed by atoms with van der Waals surface area (Å²) in [4.78, 5) is 20.5. The predicted molar refractivity (Wildman–Crippen MR) is 104 cm³/mol. The third-order valence-electron chi connectivity index (χ3n) is 3.54. The zero-order chi connectivity index (χ0) is 19.2. The molecule has 0 saturated heterocycles. The molecule has 8 heteroatoms. The number of anilines is 2. The Kier molecular flexibility index (Phi) is 5.87. The standard InChI is InChI=1S/C19H16BrN3O4/c1-25-13-7-5-6-12(10-13)22-19-21-11-15(20)17(23-19)27-16-9-4-3-8-14(16)18(24)26-2/h3-11H,1-2H3,(H,21,22,23). The van der Waals surface area contributed by atoms with Crippen molar-refractivity contribution in [3.05, 3.63) is 64.8 Å². The summed E-state index contributed by atoms with van der Waals surface area (Å²) in [7, 11) is 2.91. The van der Waals surface area contributed by atoms with Crippen LogP contribution in [0.25, 0.3) is 0 Å². The average molecular weight is 430 g/mol. The van der Waals surface area contributed by atoms with Gasteiger partial charge < -0.3 is 19.5 Å². The number of carbonyl (C=O) groups is 1. The molecule has 1 N–H and O–H groups in total. The lowest BCUT2D eigenvalue weighted by Crippen LogP contribution is -2.05. The lowest BCUT2D eigenvalue weighted by Gasteiger charge is -2.12. The third kappa shape index (κ3) is 4.53. The van der Waals surface area contributed by atoms with E-state index in [2.05, 4.69) is 31.2 Å². The van der Waals surface area contributed by atoms with Crippen molar-refractivity contribution in [3.63, 3.8) is 0 Å². The minimum atomic E-state index is -0.495. The number of hydrogen-bond donors (Lipinski definition) is 1. The lowest BCUT2D eigenvalue weighted by molar-refractivity contribution is 0.0598. The van der Waals surface area contributed by atoms with Crippen molar-refractivity contribution in [2.75, 3.05) is 19.5 Å². The number of methoxy groups -OCH3 is 2. The monoisotopic (exact) mass is 429 g/mol. The van der Waals surface area contributed by atoms with Crippen molar-refractivity contribution in [2.45, 2.75) is 0 Å². The fourth-order valence-electron chi connectivity index (χ4n) is 2.25. The van der Waals surface area contributed by atoms with Crippen molar-refractivity contribution < 1.29 is 19.0 Å². The Morgan fingerprint density at radius 3 is 2.70 bits per heavy atom. The summed E-state index contributed by atoms with van der Waals surface area (Å²) in [6.07, 6.45) is 1.56. The minimum absolute atomic E-state index is 0.256. The van der Waals surface area contributed by atoms with Gasteiger partial charge in [0.25, 0.3) is 0 Å². The van der Waals surface area contributed by atoms with Crippen LogP contribution in [0.2, 0.25) is 0 Å². The molecule has 2 aromatic carbocycles. The first-order valence-corrected chi connectivity index (χ1v) is 8.69. The number of ether oxygens (including phenoxy) is 3. The third-order valence-corrected chi connectivity index (χ3v) is 4.08. The molecule has 138 valence electrons. The van der Waals surface area contributed by atoms with Crippen molar-refractivity contribution in [1.29, 1.82) is 0 Å². The molecule has 1 aromatic heterocycles. The van der Waals surface area contributed by atoms with E-state index in [9.17, 15) is 4.79 Å². The van der Waals surface area contributed by atoms with Crippen LogP contribution in [0.4, 0.5) is 11.6 Å². The maximum Gasteiger partial charge on any atom is 0.341 e. The van der Waals surface area contributed by atoms with Crippen LogP contribution in [0.15, 0.2) is 59.2 Å². The fourth-order valence-corrected chi connectivity index (χ4v) is 2.52. The van der Waals surface area contributed by atoms with Crippen molar-refractivity contribution in [1.82, 2.24) is 9.97 Å². The van der Waals surface area contributed by atoms with Gasteiger partial charge in [-0.2, -0.15) is 4.98 Å². The van der Waals surface area contributed by atoms with Gasteiger partial charge in [0, 0.05) is 11.8 Å². The number of nitrogens with one attached hydrogen (secondary N) is 1. The Labute approximate surface area is 164 Å². The maximum atomic E-state index is 11.9. The summed E-state index contributed by atoms with van der Waals surface area (Å²) in [6, 6.07) is 14.1. The van der Waals surface area contributed by atoms with Crippen LogP contribution in [0.1, 0.15) is 10.4 Å². The molecule has 7 nitrogen and oxygen atoms in total. The van der Waals surface area contributed by atoms with E-state index in [1.54, 1.807) is 37.6 Å². The van der Waals surface area contributed by atoms with Gasteiger partial charge in [0.2, 0.25) is 11.8 Å². The van der Waals surface area contributed by atoms with Crippen molar-refractivity contribution >= 4 is 33.5 Å². The second-order valence-electron chi connectivity index (χ2n) is 5.29. The highest BCUT2D eigenvalue weighted by molar-refractivity contribution is 9.10. The van der Waals surface area contributed by atoms with E-state index >= 15 is 0 Å². The van der Waals surface area contributed by atoms with E-state index in [1.165, 1.54) is 7.11 Å². The number of esters is 1. The maximum absolute atomic E-state index is 11.9. The molecule has 0 fully saturated rings. The molecule has 0 bridgehead atoms. The van der Waals surface area contributed by atoms with Gasteiger partial charge in [0.1, 0.15) is 17.1 Å². The van der Waals surface area contributed by atoms with E-state index < -0.39 is 5.97 Å². The van der Waals surface area contributed by atoms with Crippen LogP contribution < -0.4 is 14.8 Å². The van der Waals surface area contributed by atoms with E-state index in [0.29, 0.717) is 27.5 Å². The van der Waals surface area contributed by atoms with Gasteiger partial charge in [-0.25, -0.2) is 9.78 Å². The normalized spacial score (nSPS) is 10.2. The topological polar surface area (TPSA) is 82.6 Å². The molecule has 0 unspecified atom stereocenters. The number of para-hydroxylation sites is 1. The highest BCUT2D eigenvalue weighted by atomic mass is 79.9. The van der Waals surface area contributed by atoms with Gasteiger partial charge >= 0.3 is 5.97 Å². The Balaban J connectivity index is 1.87. The van der Waals surface area contributed by atoms with Crippen molar-refractivity contribution in [2.24, 2.45) is 0 Å². The van der Waals surface area contributed by atoms with Crippen LogP contribution in [0.3, 0.4) is 0 Å². The molecule has 0 aliphatic heterocycles. The van der Waals surface area contributed by atoms with Crippen molar-refractivity contribution in [3.8, 4) is 17.4 Å². The van der Waals surface area contributed by atoms with Crippen LogP contribution >= 0.6 is 15.9 Å². The summed E-state index contributed by atoms with van der Waals surface area (Å²) in [6.45, 7) is 0. The first kappa shape index (κ1) is 18.7. The average Bonchev–Trinajstić information content (AvgIpc) is 2.70. The van der Waals surface area contributed by atoms with Gasteiger partial charge in [-0.05, 0) is 40.2 Å². The zero-order valence-corrected chi connectivity index (χ0v) is 16.2. The minimum Gasteiger partial charge on any atom is -0.497 e. The SMILES string of the molecule is COC(=O)c1ccccc1Oc1nc(Nc2cccc(OC)c2)ncc1Br. The summed E-state index contributed by atoms with van der Waals surface area (Å²) < 4.78 is 16.3. The summed E-state index contributed by atoms with van der Waals surface area (Å²) in [5, 5.41) is 3.09. The highest BCUT2D eigenvalue weighted by Crippen LogP contribution is 2.31. The molecule has 3 aromatic rings. The molecular weight excluding hydrogens is 414 g/mol. The molecule has 0 spiro atoms. The molecule has 0 radical (unpaired) electrons. The first-order valence-electron chi connectivity index (χ1n) is 7.89. The van der Waals surface area contributed by atoms with E-state index in [4.69, 9.17) is 14.2 Å². The quantitative estimate of drug-likeness (QED) is 0.574. The molecule has 0 atom stereocenters. The molecule has 0 saturated carbocycles. The number of aromatic nitrogens is 2. The second-order valence-corrected chi connectivity index (χ2v) is 6.15. The fraction of sp³-hybridized carbons (Fsp3) is 0.105. The summed E-state index contributed by atoms with van der Waals surface area (Å²) >= 11 is 3.36. The zero-order valence-electron chi connectivity index (χ0n) is 14.6. The van der Waals surface area contributed by atoms with Crippen LogP contribution in [-0.2, 0) is 4.74 Å². The molecule has 0 aliphatic rings. The van der Waals surface area contributed by atoms with Gasteiger partial charge in [-0.1, -0.05) is 18.2 Å². The second kappa shape index (κ2) is 8.50. The van der Waals surface area contributed by atoms with Gasteiger partial charge in [-0.3, -0.25) is 0 Å². The Bertz CT molecular complexity index is 965. The molecule has 0 aliphatic carbocycles. The number of hydrogen-bond acceptors (Lipinski definition) is 7. The van der Waals surface area contributed by atoms with Crippen LogP contribution in [0, 0.1) is 0 Å². The van der Waals surface area contributed by atoms with Gasteiger partial charge in [-0.15, -0.1) is 0 Å². The van der Waals surface area contributed by atoms with E-state index in [-0.39, 0.29) is 5.88 Å². The Morgan fingerprint density at radius 2 is 1.93 bits per heavy atom. The number of rotatable bonds is 6. The molecular formula is C19H16BrN3O4. The first-order chi connectivity index (χ1) is 13.1. The lowest BCUT2D eigenvalue weighted by atomic mass is 10.2. The number of carbonyl (C=O) groups excluding carboxylic acids is 1. The van der Waals surface area contributed by atoms with Gasteiger partial charge in [0.15, 0.2) is 0 Å². The van der Waals surface area contributed by atoms with E-state index in [0.717, 1.165) is 5.69 Å². The number of halogens is 1. The molecule has 27 heavy (non-hydrogen) atoms. The smallest absolute Gasteiger partial charge is 0.341 e. The molecule has 0 amide bonds. The number of nitrogens with zero attached hydrogens (tertiary/aromatic N) is 2. The van der Waals surface area contributed by atoms with Gasteiger partial charge in [0.05, 0.1) is 24.9 Å². The highest BCUT2D eigenvalue weighted by Gasteiger charge is 2.15. The largest absolute Gasteiger partial charge is 0.497 e. The predicted octanol–water partition coefficient (Wildman–Crippen LogP) is 4.57. The van der Waals surface area contributed by atoms with Crippen LogP contribution in [0.5, 0.6) is 17.4 Å².